The number of rotatable bonds is 3. The molecule has 3 aromatic rings. The number of anilines is 1. The Bertz CT molecular complexity index is 862. The summed E-state index contributed by atoms with van der Waals surface area (Å²) in [5.74, 6) is -0.343. The monoisotopic (exact) mass is 409 g/mol. The molecule has 23 heavy (non-hydrogen) atoms. The summed E-state index contributed by atoms with van der Waals surface area (Å²) >= 11 is 15.4. The van der Waals surface area contributed by atoms with E-state index in [0.29, 0.717) is 27.1 Å². The van der Waals surface area contributed by atoms with Crippen LogP contribution in [0.4, 0.5) is 5.69 Å². The largest absolute Gasteiger partial charge is 0.319 e. The molecular weight excluding hydrogens is 401 g/mol. The minimum atomic E-state index is -0.343. The fourth-order valence-electron chi connectivity index (χ4n) is 2.00. The molecule has 3 rings (SSSR count). The zero-order chi connectivity index (χ0) is 16.4. The van der Waals surface area contributed by atoms with E-state index in [-0.39, 0.29) is 5.91 Å². The van der Waals surface area contributed by atoms with Gasteiger partial charge in [-0.3, -0.25) is 9.89 Å². The first-order chi connectivity index (χ1) is 11.0. The van der Waals surface area contributed by atoms with Gasteiger partial charge in [-0.05, 0) is 30.3 Å². The molecule has 0 bridgehead atoms. The van der Waals surface area contributed by atoms with E-state index in [1.807, 2.05) is 24.3 Å². The molecule has 0 radical (unpaired) electrons. The minimum absolute atomic E-state index is 0.301. The van der Waals surface area contributed by atoms with Gasteiger partial charge >= 0.3 is 0 Å². The Morgan fingerprint density at radius 1 is 1.13 bits per heavy atom. The van der Waals surface area contributed by atoms with Gasteiger partial charge < -0.3 is 5.32 Å². The first kappa shape index (κ1) is 16.1. The molecule has 7 heteroatoms. The second kappa shape index (κ2) is 6.74. The summed E-state index contributed by atoms with van der Waals surface area (Å²) in [7, 11) is 0. The van der Waals surface area contributed by atoms with Crippen molar-refractivity contribution in [2.24, 2.45) is 0 Å². The third-order valence-corrected chi connectivity index (χ3v) is 4.51. The third-order valence-electron chi connectivity index (χ3n) is 3.16. The van der Waals surface area contributed by atoms with Gasteiger partial charge in [0.2, 0.25) is 0 Å². The Kier molecular flexibility index (Phi) is 4.71. The highest BCUT2D eigenvalue weighted by molar-refractivity contribution is 9.10. The first-order valence-electron chi connectivity index (χ1n) is 6.61. The van der Waals surface area contributed by atoms with Crippen molar-refractivity contribution >= 4 is 50.7 Å². The Hall–Kier alpha value is -1.82. The van der Waals surface area contributed by atoms with Gasteiger partial charge in [-0.25, -0.2) is 0 Å². The predicted octanol–water partition coefficient (Wildman–Crippen LogP) is 5.40. The quantitative estimate of drug-likeness (QED) is 0.607. The van der Waals surface area contributed by atoms with Crippen LogP contribution in [-0.4, -0.2) is 16.1 Å². The third kappa shape index (κ3) is 3.58. The van der Waals surface area contributed by atoms with E-state index in [0.717, 1.165) is 10.0 Å². The minimum Gasteiger partial charge on any atom is -0.319 e. The maximum absolute atomic E-state index is 12.3. The molecule has 0 fully saturated rings. The van der Waals surface area contributed by atoms with Crippen LogP contribution in [0.2, 0.25) is 10.0 Å². The number of H-pyrrole nitrogens is 1. The molecule has 1 heterocycles. The number of hydrogen-bond donors (Lipinski definition) is 2. The van der Waals surface area contributed by atoms with E-state index >= 15 is 0 Å². The van der Waals surface area contributed by atoms with Crippen molar-refractivity contribution in [2.45, 2.75) is 0 Å². The van der Waals surface area contributed by atoms with Crippen molar-refractivity contribution in [2.75, 3.05) is 5.32 Å². The summed E-state index contributed by atoms with van der Waals surface area (Å²) in [6, 6.07) is 14.4. The number of amides is 1. The summed E-state index contributed by atoms with van der Waals surface area (Å²) in [6.45, 7) is 0. The van der Waals surface area contributed by atoms with Crippen LogP contribution in [0.5, 0.6) is 0 Å². The molecule has 1 aromatic heterocycles. The molecule has 0 aliphatic rings. The van der Waals surface area contributed by atoms with Gasteiger partial charge in [0, 0.05) is 10.0 Å². The lowest BCUT2D eigenvalue weighted by molar-refractivity contribution is 0.102. The summed E-state index contributed by atoms with van der Waals surface area (Å²) in [6.07, 6.45) is 0. The van der Waals surface area contributed by atoms with Crippen LogP contribution < -0.4 is 5.32 Å². The lowest BCUT2D eigenvalue weighted by Crippen LogP contribution is -2.12. The van der Waals surface area contributed by atoms with Crippen LogP contribution in [-0.2, 0) is 0 Å². The SMILES string of the molecule is O=C(Nc1cccc(Cl)c1Cl)c1cc(-c2ccc(Br)cc2)n[nH]1. The number of carbonyl (C=O) groups excluding carboxylic acids is 1. The lowest BCUT2D eigenvalue weighted by atomic mass is 10.1. The molecule has 1 amide bonds. The average Bonchev–Trinajstić information content (AvgIpc) is 3.02. The van der Waals surface area contributed by atoms with E-state index in [9.17, 15) is 4.79 Å². The number of aromatic amines is 1. The van der Waals surface area contributed by atoms with Crippen molar-refractivity contribution in [3.8, 4) is 11.3 Å². The van der Waals surface area contributed by atoms with Crippen LogP contribution >= 0.6 is 39.1 Å². The second-order valence-electron chi connectivity index (χ2n) is 4.73. The van der Waals surface area contributed by atoms with E-state index < -0.39 is 0 Å². The summed E-state index contributed by atoms with van der Waals surface area (Å²) in [5, 5.41) is 10.3. The summed E-state index contributed by atoms with van der Waals surface area (Å²) < 4.78 is 0.977. The highest BCUT2D eigenvalue weighted by Crippen LogP contribution is 2.30. The van der Waals surface area contributed by atoms with Crippen molar-refractivity contribution in [1.82, 2.24) is 10.2 Å². The molecule has 2 aromatic carbocycles. The number of halogens is 3. The molecule has 0 aliphatic carbocycles. The highest BCUT2D eigenvalue weighted by atomic mass is 79.9. The number of aromatic nitrogens is 2. The summed E-state index contributed by atoms with van der Waals surface area (Å²) in [4.78, 5) is 12.3. The van der Waals surface area contributed by atoms with Gasteiger partial charge in [0.25, 0.3) is 5.91 Å². The van der Waals surface area contributed by atoms with Crippen LogP contribution in [0.25, 0.3) is 11.3 Å². The Labute approximate surface area is 150 Å². The number of hydrogen-bond acceptors (Lipinski definition) is 2. The van der Waals surface area contributed by atoms with Gasteiger partial charge in [0.15, 0.2) is 0 Å². The van der Waals surface area contributed by atoms with Crippen molar-refractivity contribution in [3.05, 3.63) is 68.7 Å². The molecule has 0 spiro atoms. The fourth-order valence-corrected chi connectivity index (χ4v) is 2.61. The zero-order valence-corrected chi connectivity index (χ0v) is 14.7. The summed E-state index contributed by atoms with van der Waals surface area (Å²) in [5.41, 5.74) is 2.37. The molecule has 0 atom stereocenters. The maximum Gasteiger partial charge on any atom is 0.273 e. The molecular formula is C16H10BrCl2N3O. The van der Waals surface area contributed by atoms with Crippen LogP contribution in [0, 0.1) is 0 Å². The van der Waals surface area contributed by atoms with Crippen molar-refractivity contribution < 1.29 is 4.79 Å². The molecule has 0 unspecified atom stereocenters. The van der Waals surface area contributed by atoms with Crippen molar-refractivity contribution in [1.29, 1.82) is 0 Å². The number of benzene rings is 2. The molecule has 116 valence electrons. The number of nitrogens with zero attached hydrogens (tertiary/aromatic N) is 1. The van der Waals surface area contributed by atoms with Gasteiger partial charge in [-0.1, -0.05) is 57.3 Å². The van der Waals surface area contributed by atoms with E-state index in [1.54, 1.807) is 24.3 Å². The molecule has 2 N–H and O–H groups in total. The number of carbonyl (C=O) groups is 1. The Morgan fingerprint density at radius 3 is 2.61 bits per heavy atom. The second-order valence-corrected chi connectivity index (χ2v) is 6.43. The molecule has 0 aliphatic heterocycles. The van der Waals surface area contributed by atoms with Gasteiger partial charge in [0.1, 0.15) is 5.69 Å². The van der Waals surface area contributed by atoms with Crippen LogP contribution in [0.15, 0.2) is 53.0 Å². The van der Waals surface area contributed by atoms with Gasteiger partial charge in [0.05, 0.1) is 21.4 Å². The Balaban J connectivity index is 1.81. The van der Waals surface area contributed by atoms with E-state index in [1.165, 1.54) is 0 Å². The number of nitrogens with one attached hydrogen (secondary N) is 2. The van der Waals surface area contributed by atoms with Crippen LogP contribution in [0.1, 0.15) is 10.5 Å². The lowest BCUT2D eigenvalue weighted by Gasteiger charge is -2.06. The normalized spacial score (nSPS) is 10.6. The topological polar surface area (TPSA) is 57.8 Å². The highest BCUT2D eigenvalue weighted by Gasteiger charge is 2.13. The fraction of sp³-hybridized carbons (Fsp3) is 0. The van der Waals surface area contributed by atoms with Crippen molar-refractivity contribution in [3.63, 3.8) is 0 Å². The Morgan fingerprint density at radius 2 is 1.87 bits per heavy atom. The standard InChI is InChI=1S/C16H10BrCl2N3O/c17-10-6-4-9(5-7-10)13-8-14(22-21-13)16(23)20-12-3-1-2-11(18)15(12)19/h1-8H,(H,20,23)(H,21,22). The maximum atomic E-state index is 12.3. The smallest absolute Gasteiger partial charge is 0.273 e. The average molecular weight is 411 g/mol. The van der Waals surface area contributed by atoms with Gasteiger partial charge in [-0.2, -0.15) is 5.10 Å². The van der Waals surface area contributed by atoms with E-state index in [4.69, 9.17) is 23.2 Å². The van der Waals surface area contributed by atoms with Gasteiger partial charge in [-0.15, -0.1) is 0 Å². The van der Waals surface area contributed by atoms with E-state index in [2.05, 4.69) is 31.4 Å². The first-order valence-corrected chi connectivity index (χ1v) is 8.16. The molecule has 0 saturated heterocycles. The molecule has 4 nitrogen and oxygen atoms in total. The zero-order valence-electron chi connectivity index (χ0n) is 11.6. The van der Waals surface area contributed by atoms with Crippen LogP contribution in [0.3, 0.4) is 0 Å². The predicted molar refractivity (Wildman–Crippen MR) is 96.1 cm³/mol. The molecule has 0 saturated carbocycles.